The van der Waals surface area contributed by atoms with Crippen molar-refractivity contribution >= 4 is 17.7 Å². The average molecular weight is 318 g/mol. The third kappa shape index (κ3) is 2.17. The first kappa shape index (κ1) is 16.0. The number of esters is 2. The third-order valence-electron chi connectivity index (χ3n) is 5.57. The van der Waals surface area contributed by atoms with Crippen molar-refractivity contribution in [1.82, 2.24) is 0 Å². The second-order valence-electron chi connectivity index (χ2n) is 6.89. The van der Waals surface area contributed by atoms with Crippen molar-refractivity contribution in [2.75, 3.05) is 0 Å². The summed E-state index contributed by atoms with van der Waals surface area (Å²) in [7, 11) is 0. The van der Waals surface area contributed by atoms with Gasteiger partial charge in [-0.05, 0) is 31.8 Å². The Bertz CT molecular complexity index is 631. The highest BCUT2D eigenvalue weighted by atomic mass is 16.6. The minimum absolute atomic E-state index is 0.148. The number of fused-ring (bicyclic) bond motifs is 3. The number of ketones is 1. The van der Waals surface area contributed by atoms with Crippen molar-refractivity contribution < 1.29 is 23.9 Å². The molecule has 0 amide bonds. The molecule has 3 aliphatic rings. The van der Waals surface area contributed by atoms with E-state index in [0.29, 0.717) is 5.57 Å². The summed E-state index contributed by atoms with van der Waals surface area (Å²) in [5, 5.41) is 0. The van der Waals surface area contributed by atoms with E-state index in [1.807, 2.05) is 6.92 Å². The number of ether oxygens (including phenoxy) is 2. The van der Waals surface area contributed by atoms with Crippen molar-refractivity contribution in [3.63, 3.8) is 0 Å². The predicted molar refractivity (Wildman–Crippen MR) is 82.3 cm³/mol. The van der Waals surface area contributed by atoms with E-state index in [1.165, 1.54) is 0 Å². The number of carbonyl (C=O) groups excluding carboxylic acids is 3. The fourth-order valence-corrected chi connectivity index (χ4v) is 4.18. The molecular formula is C18H22O5. The maximum absolute atomic E-state index is 13.0. The van der Waals surface area contributed by atoms with E-state index in [1.54, 1.807) is 13.0 Å². The maximum atomic E-state index is 13.0. The lowest BCUT2D eigenvalue weighted by Crippen LogP contribution is -2.45. The molecule has 3 rings (SSSR count). The lowest BCUT2D eigenvalue weighted by Gasteiger charge is -2.34. The topological polar surface area (TPSA) is 69.7 Å². The molecule has 1 saturated carbocycles. The molecule has 1 heterocycles. The van der Waals surface area contributed by atoms with Gasteiger partial charge in [-0.25, -0.2) is 4.79 Å². The molecule has 0 spiro atoms. The van der Waals surface area contributed by atoms with Crippen molar-refractivity contribution in [1.29, 1.82) is 0 Å². The van der Waals surface area contributed by atoms with Gasteiger partial charge in [-0.15, -0.1) is 0 Å². The van der Waals surface area contributed by atoms with Crippen molar-refractivity contribution in [3.8, 4) is 0 Å². The summed E-state index contributed by atoms with van der Waals surface area (Å²) in [6.07, 6.45) is 2.18. The summed E-state index contributed by atoms with van der Waals surface area (Å²) in [5.74, 6) is -0.994. The molecule has 5 atom stereocenters. The average Bonchev–Trinajstić information content (AvgIpc) is 2.91. The molecule has 2 aliphatic carbocycles. The van der Waals surface area contributed by atoms with Crippen molar-refractivity contribution in [3.05, 3.63) is 23.8 Å². The zero-order valence-electron chi connectivity index (χ0n) is 13.8. The van der Waals surface area contributed by atoms with Crippen LogP contribution in [-0.4, -0.2) is 29.9 Å². The van der Waals surface area contributed by atoms with Crippen LogP contribution < -0.4 is 0 Å². The molecule has 1 saturated heterocycles. The second kappa shape index (κ2) is 5.32. The maximum Gasteiger partial charge on any atom is 0.334 e. The Labute approximate surface area is 135 Å². The van der Waals surface area contributed by atoms with E-state index < -0.39 is 29.6 Å². The van der Waals surface area contributed by atoms with E-state index >= 15 is 0 Å². The van der Waals surface area contributed by atoms with E-state index in [0.717, 1.165) is 18.4 Å². The van der Waals surface area contributed by atoms with Gasteiger partial charge in [0.15, 0.2) is 11.9 Å². The van der Waals surface area contributed by atoms with Crippen LogP contribution >= 0.6 is 0 Å². The Kier molecular flexibility index (Phi) is 3.69. The number of hydrogen-bond acceptors (Lipinski definition) is 5. The number of hydrogen-bond donors (Lipinski definition) is 0. The highest BCUT2D eigenvalue weighted by Crippen LogP contribution is 2.54. The molecule has 0 aromatic rings. The fourth-order valence-electron chi connectivity index (χ4n) is 4.18. The van der Waals surface area contributed by atoms with Gasteiger partial charge >= 0.3 is 11.9 Å². The van der Waals surface area contributed by atoms with Crippen LogP contribution in [0, 0.1) is 17.3 Å². The summed E-state index contributed by atoms with van der Waals surface area (Å²) in [6.45, 7) is 9.41. The molecule has 0 unspecified atom stereocenters. The van der Waals surface area contributed by atoms with Crippen LogP contribution in [0.2, 0.25) is 0 Å². The van der Waals surface area contributed by atoms with Gasteiger partial charge in [0.1, 0.15) is 6.10 Å². The van der Waals surface area contributed by atoms with E-state index in [4.69, 9.17) is 9.47 Å². The molecule has 0 aromatic carbocycles. The molecule has 0 radical (unpaired) electrons. The Hall–Kier alpha value is -1.91. The number of carbonyl (C=O) groups is 3. The fraction of sp³-hybridized carbons (Fsp3) is 0.611. The quantitative estimate of drug-likeness (QED) is 0.444. The molecule has 0 aromatic heterocycles. The van der Waals surface area contributed by atoms with Crippen molar-refractivity contribution in [2.45, 2.75) is 52.2 Å². The Morgan fingerprint density at radius 2 is 2.13 bits per heavy atom. The lowest BCUT2D eigenvalue weighted by atomic mass is 9.71. The zero-order chi connectivity index (χ0) is 16.9. The monoisotopic (exact) mass is 318 g/mol. The van der Waals surface area contributed by atoms with Crippen LogP contribution in [-0.2, 0) is 23.9 Å². The largest absolute Gasteiger partial charge is 0.457 e. The van der Waals surface area contributed by atoms with Crippen LogP contribution in [0.4, 0.5) is 0 Å². The van der Waals surface area contributed by atoms with Gasteiger partial charge in [0.05, 0.1) is 5.41 Å². The van der Waals surface area contributed by atoms with Gasteiger partial charge in [0.25, 0.3) is 0 Å². The molecule has 124 valence electrons. The molecule has 0 N–H and O–H groups in total. The normalized spacial score (nSPS) is 39.3. The summed E-state index contributed by atoms with van der Waals surface area (Å²) < 4.78 is 10.8. The summed E-state index contributed by atoms with van der Waals surface area (Å²) in [5.41, 5.74) is 0.437. The SMILES string of the molecule is C=C1C(=O)O[C@@H]2[C@H]1CC[C@H](C)C1=C[C@@H](OC(=O)CC)C(=O)[C@]12C. The minimum atomic E-state index is -0.936. The van der Waals surface area contributed by atoms with Crippen LogP contribution in [0.3, 0.4) is 0 Å². The molecule has 0 bridgehead atoms. The van der Waals surface area contributed by atoms with Gasteiger partial charge < -0.3 is 9.47 Å². The molecule has 1 aliphatic heterocycles. The molecule has 5 heteroatoms. The van der Waals surface area contributed by atoms with Crippen molar-refractivity contribution in [2.24, 2.45) is 17.3 Å². The highest BCUT2D eigenvalue weighted by Gasteiger charge is 2.61. The Morgan fingerprint density at radius 3 is 2.78 bits per heavy atom. The molecular weight excluding hydrogens is 296 g/mol. The molecule has 2 fully saturated rings. The molecule has 5 nitrogen and oxygen atoms in total. The van der Waals surface area contributed by atoms with Gasteiger partial charge in [-0.3, -0.25) is 9.59 Å². The van der Waals surface area contributed by atoms with E-state index in [2.05, 4.69) is 13.5 Å². The smallest absolute Gasteiger partial charge is 0.334 e. The van der Waals surface area contributed by atoms with Crippen LogP contribution in [0.25, 0.3) is 0 Å². The summed E-state index contributed by atoms with van der Waals surface area (Å²) in [6, 6.07) is 0. The first-order chi connectivity index (χ1) is 10.8. The van der Waals surface area contributed by atoms with Gasteiger partial charge in [0.2, 0.25) is 0 Å². The number of Topliss-reactive ketones (excluding diaryl/α,β-unsaturated/α-hetero) is 1. The Morgan fingerprint density at radius 1 is 1.43 bits per heavy atom. The third-order valence-corrected chi connectivity index (χ3v) is 5.57. The number of rotatable bonds is 2. The second-order valence-corrected chi connectivity index (χ2v) is 6.89. The molecule has 23 heavy (non-hydrogen) atoms. The lowest BCUT2D eigenvalue weighted by molar-refractivity contribution is -0.158. The first-order valence-electron chi connectivity index (χ1n) is 8.16. The minimum Gasteiger partial charge on any atom is -0.457 e. The zero-order valence-corrected chi connectivity index (χ0v) is 13.8. The van der Waals surface area contributed by atoms with E-state index in [-0.39, 0.29) is 24.0 Å². The van der Waals surface area contributed by atoms with Gasteiger partial charge in [-0.2, -0.15) is 0 Å². The van der Waals surface area contributed by atoms with Crippen LogP contribution in [0.5, 0.6) is 0 Å². The Balaban J connectivity index is 2.01. The first-order valence-corrected chi connectivity index (χ1v) is 8.16. The van der Waals surface area contributed by atoms with E-state index in [9.17, 15) is 14.4 Å². The van der Waals surface area contributed by atoms with Crippen LogP contribution in [0.15, 0.2) is 23.8 Å². The van der Waals surface area contributed by atoms with Crippen LogP contribution in [0.1, 0.15) is 40.0 Å². The highest BCUT2D eigenvalue weighted by molar-refractivity contribution is 6.00. The summed E-state index contributed by atoms with van der Waals surface area (Å²) >= 11 is 0. The van der Waals surface area contributed by atoms with Gasteiger partial charge in [0, 0.05) is 17.9 Å². The van der Waals surface area contributed by atoms with Gasteiger partial charge in [-0.1, -0.05) is 26.0 Å². The predicted octanol–water partition coefficient (Wildman–Crippen LogP) is 2.35. The summed E-state index contributed by atoms with van der Waals surface area (Å²) in [4.78, 5) is 36.6. The standard InChI is InChI=1S/C18H22O5/c1-5-14(19)22-13-8-12-9(2)6-7-11-10(3)17(21)23-16(11)18(12,4)15(13)20/h8-9,11,13,16H,3,5-7H2,1-2,4H3/t9-,11-,13+,16+,18-/m0/s1.